The summed E-state index contributed by atoms with van der Waals surface area (Å²) in [6, 6.07) is 6.60. The van der Waals surface area contributed by atoms with E-state index >= 15 is 0 Å². The first-order valence-electron chi connectivity index (χ1n) is 4.51. The maximum Gasteiger partial charge on any atom is 0.259 e. The van der Waals surface area contributed by atoms with Crippen molar-refractivity contribution in [2.75, 3.05) is 20.7 Å². The van der Waals surface area contributed by atoms with Crippen LogP contribution < -0.4 is 4.74 Å². The molecule has 0 radical (unpaired) electrons. The fraction of sp³-hybridized carbons (Fsp3) is 0.273. The number of amides is 1. The highest BCUT2D eigenvalue weighted by atomic mass is 16.5. The summed E-state index contributed by atoms with van der Waals surface area (Å²) in [6.45, 7) is 0.00738. The number of carbonyl (C=O) groups excluding carboxylic acids is 2. The fourth-order valence-corrected chi connectivity index (χ4v) is 0.917. The standard InChI is InChI=1S/C11H13NO3/c1-12(2)11(14)8-15-10-5-3-9(7-13)4-6-10/h3-7H,8H2,1-2H3. The molecule has 0 atom stereocenters. The number of hydrogen-bond acceptors (Lipinski definition) is 3. The highest BCUT2D eigenvalue weighted by Crippen LogP contribution is 2.10. The van der Waals surface area contributed by atoms with E-state index in [1.165, 1.54) is 4.90 Å². The average molecular weight is 207 g/mol. The van der Waals surface area contributed by atoms with Crippen molar-refractivity contribution < 1.29 is 14.3 Å². The van der Waals surface area contributed by atoms with E-state index in [-0.39, 0.29) is 12.5 Å². The van der Waals surface area contributed by atoms with Crippen LogP contribution in [0.2, 0.25) is 0 Å². The predicted molar refractivity (Wildman–Crippen MR) is 56.0 cm³/mol. The molecule has 0 N–H and O–H groups in total. The Morgan fingerprint density at radius 3 is 2.40 bits per heavy atom. The normalized spacial score (nSPS) is 9.47. The van der Waals surface area contributed by atoms with E-state index in [4.69, 9.17) is 4.74 Å². The lowest BCUT2D eigenvalue weighted by Gasteiger charge is -2.11. The van der Waals surface area contributed by atoms with Crippen LogP contribution in [0.4, 0.5) is 0 Å². The Morgan fingerprint density at radius 1 is 1.33 bits per heavy atom. The molecule has 0 aliphatic carbocycles. The van der Waals surface area contributed by atoms with Crippen molar-refractivity contribution in [1.29, 1.82) is 0 Å². The number of nitrogens with zero attached hydrogens (tertiary/aromatic N) is 1. The maximum absolute atomic E-state index is 11.2. The summed E-state index contributed by atoms with van der Waals surface area (Å²) in [5.41, 5.74) is 0.585. The monoisotopic (exact) mass is 207 g/mol. The number of benzene rings is 1. The second-order valence-corrected chi connectivity index (χ2v) is 3.26. The topological polar surface area (TPSA) is 46.6 Å². The van der Waals surface area contributed by atoms with Gasteiger partial charge in [0.25, 0.3) is 5.91 Å². The van der Waals surface area contributed by atoms with Crippen LogP contribution in [0.5, 0.6) is 5.75 Å². The fourth-order valence-electron chi connectivity index (χ4n) is 0.917. The number of likely N-dealkylation sites (N-methyl/N-ethyl adjacent to an activating group) is 1. The van der Waals surface area contributed by atoms with Crippen LogP contribution in [0.15, 0.2) is 24.3 Å². The van der Waals surface area contributed by atoms with Crippen LogP contribution in [0.1, 0.15) is 10.4 Å². The van der Waals surface area contributed by atoms with Crippen LogP contribution in [0.3, 0.4) is 0 Å². The van der Waals surface area contributed by atoms with Crippen molar-refractivity contribution in [2.24, 2.45) is 0 Å². The van der Waals surface area contributed by atoms with Crippen molar-refractivity contribution in [1.82, 2.24) is 4.90 Å². The van der Waals surface area contributed by atoms with E-state index < -0.39 is 0 Å². The van der Waals surface area contributed by atoms with Crippen LogP contribution in [0.25, 0.3) is 0 Å². The molecule has 0 aliphatic rings. The lowest BCUT2D eigenvalue weighted by atomic mass is 10.2. The zero-order valence-electron chi connectivity index (χ0n) is 8.77. The van der Waals surface area contributed by atoms with Gasteiger partial charge in [0.1, 0.15) is 12.0 Å². The SMILES string of the molecule is CN(C)C(=O)COc1ccc(C=O)cc1. The molecule has 0 saturated carbocycles. The lowest BCUT2D eigenvalue weighted by Crippen LogP contribution is -2.27. The molecule has 1 amide bonds. The molecule has 0 aliphatic heterocycles. The number of hydrogen-bond donors (Lipinski definition) is 0. The molecule has 15 heavy (non-hydrogen) atoms. The molecule has 80 valence electrons. The molecule has 0 spiro atoms. The van der Waals surface area contributed by atoms with Gasteiger partial charge in [-0.2, -0.15) is 0 Å². The second-order valence-electron chi connectivity index (χ2n) is 3.26. The van der Waals surface area contributed by atoms with E-state index in [1.807, 2.05) is 0 Å². The molecule has 1 rings (SSSR count). The van der Waals surface area contributed by atoms with E-state index in [2.05, 4.69) is 0 Å². The molecule has 1 aromatic rings. The largest absolute Gasteiger partial charge is 0.484 e. The van der Waals surface area contributed by atoms with Gasteiger partial charge in [-0.05, 0) is 24.3 Å². The first-order valence-corrected chi connectivity index (χ1v) is 4.51. The molecule has 4 heteroatoms. The van der Waals surface area contributed by atoms with Gasteiger partial charge < -0.3 is 9.64 Å². The van der Waals surface area contributed by atoms with E-state index in [0.29, 0.717) is 11.3 Å². The summed E-state index contributed by atoms with van der Waals surface area (Å²) in [4.78, 5) is 23.0. The highest BCUT2D eigenvalue weighted by molar-refractivity contribution is 5.77. The first-order chi connectivity index (χ1) is 7.13. The minimum absolute atomic E-state index is 0.00738. The van der Waals surface area contributed by atoms with E-state index in [1.54, 1.807) is 38.4 Å². The van der Waals surface area contributed by atoms with Gasteiger partial charge in [-0.15, -0.1) is 0 Å². The minimum Gasteiger partial charge on any atom is -0.484 e. The summed E-state index contributed by atoms with van der Waals surface area (Å²) < 4.78 is 5.22. The van der Waals surface area contributed by atoms with Gasteiger partial charge >= 0.3 is 0 Å². The summed E-state index contributed by atoms with van der Waals surface area (Å²) in [7, 11) is 3.34. The van der Waals surface area contributed by atoms with E-state index in [0.717, 1.165) is 6.29 Å². The molecule has 0 fully saturated rings. The molecule has 4 nitrogen and oxygen atoms in total. The van der Waals surface area contributed by atoms with Crippen molar-refractivity contribution in [3.8, 4) is 5.75 Å². The van der Waals surface area contributed by atoms with Gasteiger partial charge in [0.05, 0.1) is 0 Å². The second kappa shape index (κ2) is 5.14. The van der Waals surface area contributed by atoms with Crippen LogP contribution in [-0.2, 0) is 4.79 Å². The third kappa shape index (κ3) is 3.42. The molecule has 0 aromatic heterocycles. The summed E-state index contributed by atoms with van der Waals surface area (Å²) >= 11 is 0. The van der Waals surface area contributed by atoms with E-state index in [9.17, 15) is 9.59 Å². The quantitative estimate of drug-likeness (QED) is 0.691. The van der Waals surface area contributed by atoms with Crippen LogP contribution >= 0.6 is 0 Å². The minimum atomic E-state index is -0.102. The average Bonchev–Trinajstić information content (AvgIpc) is 2.26. The molecule has 0 heterocycles. The smallest absolute Gasteiger partial charge is 0.259 e. The van der Waals surface area contributed by atoms with Crippen molar-refractivity contribution in [3.63, 3.8) is 0 Å². The van der Waals surface area contributed by atoms with Crippen molar-refractivity contribution in [3.05, 3.63) is 29.8 Å². The predicted octanol–water partition coefficient (Wildman–Crippen LogP) is 0.966. The third-order valence-electron chi connectivity index (χ3n) is 1.88. The molecule has 0 bridgehead atoms. The van der Waals surface area contributed by atoms with Gasteiger partial charge in [-0.1, -0.05) is 0 Å². The Kier molecular flexibility index (Phi) is 3.85. The Balaban J connectivity index is 2.51. The van der Waals surface area contributed by atoms with Gasteiger partial charge in [-0.3, -0.25) is 9.59 Å². The van der Waals surface area contributed by atoms with Crippen LogP contribution in [0, 0.1) is 0 Å². The molecule has 0 unspecified atom stereocenters. The zero-order chi connectivity index (χ0) is 11.3. The maximum atomic E-state index is 11.2. The van der Waals surface area contributed by atoms with Crippen LogP contribution in [-0.4, -0.2) is 37.8 Å². The Hall–Kier alpha value is -1.84. The number of aldehydes is 1. The highest BCUT2D eigenvalue weighted by Gasteiger charge is 2.04. The Labute approximate surface area is 88.5 Å². The molecule has 0 saturated heterocycles. The van der Waals surface area contributed by atoms with Gasteiger partial charge in [0, 0.05) is 19.7 Å². The summed E-state index contributed by atoms with van der Waals surface area (Å²) in [6.07, 6.45) is 0.759. The lowest BCUT2D eigenvalue weighted by molar-refractivity contribution is -0.130. The number of ether oxygens (including phenoxy) is 1. The Morgan fingerprint density at radius 2 is 1.93 bits per heavy atom. The van der Waals surface area contributed by atoms with Crippen molar-refractivity contribution >= 4 is 12.2 Å². The van der Waals surface area contributed by atoms with Gasteiger partial charge in [-0.25, -0.2) is 0 Å². The zero-order valence-corrected chi connectivity index (χ0v) is 8.77. The summed E-state index contributed by atoms with van der Waals surface area (Å²) in [5, 5.41) is 0. The van der Waals surface area contributed by atoms with Gasteiger partial charge in [0.15, 0.2) is 6.61 Å². The number of carbonyl (C=O) groups is 2. The molecular formula is C11H13NO3. The molecule has 1 aromatic carbocycles. The number of rotatable bonds is 4. The van der Waals surface area contributed by atoms with Crippen molar-refractivity contribution in [2.45, 2.75) is 0 Å². The Bertz CT molecular complexity index is 343. The molecular weight excluding hydrogens is 194 g/mol. The van der Waals surface area contributed by atoms with Gasteiger partial charge in [0.2, 0.25) is 0 Å². The first kappa shape index (κ1) is 11.2. The summed E-state index contributed by atoms with van der Waals surface area (Å²) in [5.74, 6) is 0.477. The third-order valence-corrected chi connectivity index (χ3v) is 1.88.